The van der Waals surface area contributed by atoms with Gasteiger partial charge in [-0.15, -0.1) is 0 Å². The molecule has 0 unspecified atom stereocenters. The van der Waals surface area contributed by atoms with Crippen LogP contribution in [0, 0.1) is 5.92 Å². The maximum Gasteiger partial charge on any atom is 0.251 e. The van der Waals surface area contributed by atoms with Crippen molar-refractivity contribution in [3.8, 4) is 0 Å². The van der Waals surface area contributed by atoms with Crippen molar-refractivity contribution >= 4 is 22.8 Å². The van der Waals surface area contributed by atoms with Gasteiger partial charge in [0.05, 0.1) is 18.2 Å². The molecule has 1 aliphatic heterocycles. The van der Waals surface area contributed by atoms with E-state index in [2.05, 4.69) is 20.0 Å². The number of aryl methyl sites for hydroxylation is 1. The van der Waals surface area contributed by atoms with Gasteiger partial charge >= 0.3 is 0 Å². The zero-order valence-electron chi connectivity index (χ0n) is 14.8. The van der Waals surface area contributed by atoms with Crippen molar-refractivity contribution in [3.05, 3.63) is 12.5 Å². The van der Waals surface area contributed by atoms with Gasteiger partial charge in [0.25, 0.3) is 5.91 Å². The topological polar surface area (TPSA) is 76.4 Å². The van der Waals surface area contributed by atoms with Crippen LogP contribution in [0.4, 0.5) is 5.82 Å². The lowest BCUT2D eigenvalue weighted by molar-refractivity contribution is -0.143. The zero-order chi connectivity index (χ0) is 17.4. The third-order valence-corrected chi connectivity index (χ3v) is 5.03. The number of carbonyl (C=O) groups is 1. The van der Waals surface area contributed by atoms with Crippen LogP contribution in [-0.2, 0) is 16.6 Å². The summed E-state index contributed by atoms with van der Waals surface area (Å²) in [5, 5.41) is 5.21. The fraction of sp³-hybridized carbons (Fsp3) is 0.647. The highest BCUT2D eigenvalue weighted by atomic mass is 16.5. The normalized spacial score (nSPS) is 19.4. The van der Waals surface area contributed by atoms with Crippen LogP contribution in [0.3, 0.4) is 0 Å². The SMILES string of the molecule is C[C@@H](OCC1CC1)C(=O)N1CCN(c2ncnc3c2cnn3C)CC1. The van der Waals surface area contributed by atoms with E-state index < -0.39 is 0 Å². The van der Waals surface area contributed by atoms with E-state index in [1.165, 1.54) is 12.8 Å². The first-order valence-corrected chi connectivity index (χ1v) is 8.91. The fourth-order valence-electron chi connectivity index (χ4n) is 3.23. The summed E-state index contributed by atoms with van der Waals surface area (Å²) in [6, 6.07) is 0. The number of fused-ring (bicyclic) bond motifs is 1. The molecule has 3 heterocycles. The third kappa shape index (κ3) is 3.30. The van der Waals surface area contributed by atoms with Crippen molar-refractivity contribution in [3.63, 3.8) is 0 Å². The summed E-state index contributed by atoms with van der Waals surface area (Å²) >= 11 is 0. The van der Waals surface area contributed by atoms with Gasteiger partial charge in [0.1, 0.15) is 18.2 Å². The van der Waals surface area contributed by atoms with Gasteiger partial charge in [-0.1, -0.05) is 0 Å². The first-order valence-electron chi connectivity index (χ1n) is 8.91. The number of piperazine rings is 1. The molecule has 8 nitrogen and oxygen atoms in total. The van der Waals surface area contributed by atoms with Crippen molar-refractivity contribution in [1.29, 1.82) is 0 Å². The lowest BCUT2D eigenvalue weighted by atomic mass is 10.2. The second-order valence-electron chi connectivity index (χ2n) is 6.93. The lowest BCUT2D eigenvalue weighted by Crippen LogP contribution is -2.51. The molecule has 0 radical (unpaired) electrons. The van der Waals surface area contributed by atoms with Gasteiger partial charge in [0, 0.05) is 33.2 Å². The summed E-state index contributed by atoms with van der Waals surface area (Å²) in [6.07, 6.45) is 5.50. The van der Waals surface area contributed by atoms with Crippen molar-refractivity contribution in [2.45, 2.75) is 25.9 Å². The molecule has 2 fully saturated rings. The van der Waals surface area contributed by atoms with E-state index in [9.17, 15) is 4.79 Å². The molecular formula is C17H24N6O2. The van der Waals surface area contributed by atoms with Gasteiger partial charge in [0.15, 0.2) is 5.65 Å². The number of rotatable bonds is 5. The number of aromatic nitrogens is 4. The number of hydrogen-bond donors (Lipinski definition) is 0. The molecule has 1 saturated carbocycles. The first kappa shape index (κ1) is 16.3. The zero-order valence-corrected chi connectivity index (χ0v) is 14.8. The van der Waals surface area contributed by atoms with E-state index in [4.69, 9.17) is 4.74 Å². The Labute approximate surface area is 146 Å². The minimum atomic E-state index is -0.351. The van der Waals surface area contributed by atoms with Gasteiger partial charge in [-0.3, -0.25) is 9.48 Å². The lowest BCUT2D eigenvalue weighted by Gasteiger charge is -2.36. The predicted molar refractivity (Wildman–Crippen MR) is 93.2 cm³/mol. The van der Waals surface area contributed by atoms with E-state index in [-0.39, 0.29) is 12.0 Å². The molecule has 1 atom stereocenters. The van der Waals surface area contributed by atoms with E-state index in [1.54, 1.807) is 17.2 Å². The fourth-order valence-corrected chi connectivity index (χ4v) is 3.23. The molecule has 2 aromatic rings. The second-order valence-corrected chi connectivity index (χ2v) is 6.93. The van der Waals surface area contributed by atoms with Crippen LogP contribution in [0.25, 0.3) is 11.0 Å². The quantitative estimate of drug-likeness (QED) is 0.800. The largest absolute Gasteiger partial charge is 0.368 e. The number of amides is 1. The Kier molecular flexibility index (Phi) is 4.29. The van der Waals surface area contributed by atoms with Crippen LogP contribution in [-0.4, -0.2) is 69.4 Å². The number of hydrogen-bond acceptors (Lipinski definition) is 6. The van der Waals surface area contributed by atoms with E-state index in [0.717, 1.165) is 29.9 Å². The third-order valence-electron chi connectivity index (χ3n) is 5.03. The minimum absolute atomic E-state index is 0.0921. The van der Waals surface area contributed by atoms with Crippen molar-refractivity contribution < 1.29 is 9.53 Å². The standard InChI is InChI=1S/C17H24N6O2/c1-12(25-10-13-3-4-13)17(24)23-7-5-22(6-8-23)16-14-9-20-21(2)15(14)18-11-19-16/h9,11-13H,3-8,10H2,1-2H3/t12-/m1/s1. The highest BCUT2D eigenvalue weighted by Crippen LogP contribution is 2.29. The van der Waals surface area contributed by atoms with Crippen LogP contribution < -0.4 is 4.90 Å². The minimum Gasteiger partial charge on any atom is -0.368 e. The van der Waals surface area contributed by atoms with Crippen molar-refractivity contribution in [2.75, 3.05) is 37.7 Å². The van der Waals surface area contributed by atoms with E-state index in [1.807, 2.05) is 18.9 Å². The van der Waals surface area contributed by atoms with Crippen LogP contribution in [0.2, 0.25) is 0 Å². The molecule has 4 rings (SSSR count). The van der Waals surface area contributed by atoms with Crippen LogP contribution in [0.5, 0.6) is 0 Å². The molecule has 1 amide bonds. The molecule has 0 aromatic carbocycles. The second kappa shape index (κ2) is 6.59. The first-order chi connectivity index (χ1) is 12.1. The summed E-state index contributed by atoms with van der Waals surface area (Å²) in [4.78, 5) is 25.4. The average Bonchev–Trinajstić information content (AvgIpc) is 3.41. The Balaban J connectivity index is 1.38. The number of carbonyl (C=O) groups excluding carboxylic acids is 1. The molecule has 1 saturated heterocycles. The number of ether oxygens (including phenoxy) is 1. The summed E-state index contributed by atoms with van der Waals surface area (Å²) in [6.45, 7) is 5.45. The Hall–Kier alpha value is -2.22. The number of anilines is 1. The Bertz CT molecular complexity index is 764. The van der Waals surface area contributed by atoms with Crippen molar-refractivity contribution in [1.82, 2.24) is 24.6 Å². The maximum absolute atomic E-state index is 12.5. The molecule has 134 valence electrons. The monoisotopic (exact) mass is 344 g/mol. The summed E-state index contributed by atoms with van der Waals surface area (Å²) in [7, 11) is 1.87. The number of nitrogens with zero attached hydrogens (tertiary/aromatic N) is 6. The van der Waals surface area contributed by atoms with Gasteiger partial charge in [-0.2, -0.15) is 5.10 Å². The Morgan fingerprint density at radius 1 is 1.28 bits per heavy atom. The average molecular weight is 344 g/mol. The molecule has 2 aromatic heterocycles. The van der Waals surface area contributed by atoms with Crippen LogP contribution in [0.15, 0.2) is 12.5 Å². The summed E-state index contributed by atoms with van der Waals surface area (Å²) < 4.78 is 7.47. The molecule has 8 heteroatoms. The highest BCUT2D eigenvalue weighted by Gasteiger charge is 2.29. The molecule has 0 N–H and O–H groups in total. The molecule has 0 spiro atoms. The molecule has 2 aliphatic rings. The van der Waals surface area contributed by atoms with Gasteiger partial charge in [0.2, 0.25) is 0 Å². The van der Waals surface area contributed by atoms with Gasteiger partial charge in [-0.25, -0.2) is 9.97 Å². The van der Waals surface area contributed by atoms with Crippen LogP contribution in [0.1, 0.15) is 19.8 Å². The summed E-state index contributed by atoms with van der Waals surface area (Å²) in [5.74, 6) is 1.66. The smallest absolute Gasteiger partial charge is 0.251 e. The molecule has 25 heavy (non-hydrogen) atoms. The van der Waals surface area contributed by atoms with Crippen LogP contribution >= 0.6 is 0 Å². The maximum atomic E-state index is 12.5. The van der Waals surface area contributed by atoms with Gasteiger partial charge < -0.3 is 14.5 Å². The molecule has 0 bridgehead atoms. The van der Waals surface area contributed by atoms with E-state index in [0.29, 0.717) is 25.6 Å². The molecular weight excluding hydrogens is 320 g/mol. The highest BCUT2D eigenvalue weighted by molar-refractivity contribution is 5.87. The molecule has 1 aliphatic carbocycles. The Morgan fingerprint density at radius 2 is 2.04 bits per heavy atom. The van der Waals surface area contributed by atoms with Gasteiger partial charge in [-0.05, 0) is 25.7 Å². The van der Waals surface area contributed by atoms with E-state index >= 15 is 0 Å². The summed E-state index contributed by atoms with van der Waals surface area (Å²) in [5.41, 5.74) is 0.825. The van der Waals surface area contributed by atoms with Crippen molar-refractivity contribution in [2.24, 2.45) is 13.0 Å². The predicted octanol–water partition coefficient (Wildman–Crippen LogP) is 0.827. The Morgan fingerprint density at radius 3 is 2.76 bits per heavy atom.